The van der Waals surface area contributed by atoms with Crippen molar-refractivity contribution in [2.45, 2.75) is 77.5 Å². The summed E-state index contributed by atoms with van der Waals surface area (Å²) in [7, 11) is 2.15. The summed E-state index contributed by atoms with van der Waals surface area (Å²) >= 11 is 0. The maximum Gasteiger partial charge on any atom is 0.327 e. The highest BCUT2D eigenvalue weighted by molar-refractivity contribution is 5.81. The molecule has 38 heavy (non-hydrogen) atoms. The molecular formula is C27H39N7O4. The second kappa shape index (κ2) is 12.9. The fraction of sp³-hybridized carbons (Fsp3) is 0.556. The van der Waals surface area contributed by atoms with E-state index in [1.807, 2.05) is 24.3 Å². The average molecular weight is 526 g/mol. The molecule has 0 radical (unpaired) electrons. The number of aromatic nitrogens is 4. The molecule has 11 heteroatoms. The molecule has 0 aliphatic carbocycles. The van der Waals surface area contributed by atoms with E-state index >= 15 is 0 Å². The number of carbonyl (C=O) groups excluding carboxylic acids is 1. The van der Waals surface area contributed by atoms with E-state index in [4.69, 9.17) is 15.2 Å². The van der Waals surface area contributed by atoms with E-state index in [1.54, 1.807) is 11.5 Å². The van der Waals surface area contributed by atoms with Crippen molar-refractivity contribution < 1.29 is 14.3 Å². The average Bonchev–Trinajstić information content (AvgIpc) is 3.42. The Kier molecular flexibility index (Phi) is 9.35. The van der Waals surface area contributed by atoms with Crippen molar-refractivity contribution >= 4 is 23.0 Å². The Hall–Kier alpha value is -3.44. The van der Waals surface area contributed by atoms with Gasteiger partial charge in [-0.05, 0) is 57.0 Å². The molecular weight excluding hydrogens is 486 g/mol. The molecule has 4 rings (SSSR count). The highest BCUT2D eigenvalue weighted by Gasteiger charge is 2.31. The molecule has 11 nitrogen and oxygen atoms in total. The predicted molar refractivity (Wildman–Crippen MR) is 146 cm³/mol. The molecule has 0 saturated carbocycles. The number of nitrogens with one attached hydrogen (secondary N) is 2. The normalized spacial score (nSPS) is 17.8. The maximum absolute atomic E-state index is 12.7. The summed E-state index contributed by atoms with van der Waals surface area (Å²) in [5.74, 6) is 0.547. The number of nitrogen functional groups attached to an aromatic ring is 1. The highest BCUT2D eigenvalue weighted by atomic mass is 16.5. The summed E-state index contributed by atoms with van der Waals surface area (Å²) < 4.78 is 12.5. The minimum Gasteiger partial charge on any atom is -0.463 e. The van der Waals surface area contributed by atoms with E-state index in [2.05, 4.69) is 39.1 Å². The van der Waals surface area contributed by atoms with Crippen LogP contribution in [-0.2, 0) is 17.9 Å². The lowest BCUT2D eigenvalue weighted by Crippen LogP contribution is -2.41. The number of hydrogen-bond acceptors (Lipinski definition) is 9. The number of aryl methyl sites for hydroxylation is 1. The lowest BCUT2D eigenvalue weighted by atomic mass is 10.0. The molecule has 1 saturated heterocycles. The number of H-pyrrole nitrogens is 1. The number of imidazole rings is 1. The van der Waals surface area contributed by atoms with E-state index in [1.165, 1.54) is 0 Å². The fourth-order valence-electron chi connectivity index (χ4n) is 4.86. The Morgan fingerprint density at radius 1 is 1.21 bits per heavy atom. The molecule has 0 bridgehead atoms. The summed E-state index contributed by atoms with van der Waals surface area (Å²) in [5, 5.41) is 3.70. The largest absolute Gasteiger partial charge is 0.463 e. The molecule has 1 aliphatic heterocycles. The van der Waals surface area contributed by atoms with Gasteiger partial charge in [-0.25, -0.2) is 4.79 Å². The predicted octanol–water partition coefficient (Wildman–Crippen LogP) is 2.84. The van der Waals surface area contributed by atoms with E-state index in [9.17, 15) is 9.59 Å². The molecule has 1 fully saturated rings. The number of unbranched alkanes of at least 4 members (excludes halogenated alkanes) is 1. The van der Waals surface area contributed by atoms with Crippen molar-refractivity contribution in [1.29, 1.82) is 0 Å². The number of likely N-dealkylation sites (tertiary alicyclic amines) is 1. The van der Waals surface area contributed by atoms with Crippen LogP contribution < -0.4 is 26.2 Å². The summed E-state index contributed by atoms with van der Waals surface area (Å²) in [6.07, 6.45) is 5.05. The third kappa shape index (κ3) is 6.70. The van der Waals surface area contributed by atoms with Crippen LogP contribution in [0.3, 0.4) is 0 Å². The van der Waals surface area contributed by atoms with Gasteiger partial charge in [0.25, 0.3) is 0 Å². The monoisotopic (exact) mass is 525 g/mol. The summed E-state index contributed by atoms with van der Waals surface area (Å²) in [5.41, 5.74) is 7.90. The van der Waals surface area contributed by atoms with Crippen LogP contribution in [0.1, 0.15) is 57.9 Å². The zero-order chi connectivity index (χ0) is 27.1. The van der Waals surface area contributed by atoms with Gasteiger partial charge in [-0.2, -0.15) is 9.97 Å². The smallest absolute Gasteiger partial charge is 0.327 e. The second-order valence-corrected chi connectivity index (χ2v) is 9.81. The molecule has 0 spiro atoms. The van der Waals surface area contributed by atoms with Crippen molar-refractivity contribution in [3.05, 3.63) is 40.3 Å². The summed E-state index contributed by atoms with van der Waals surface area (Å²) in [6.45, 7) is 6.64. The summed E-state index contributed by atoms with van der Waals surface area (Å²) in [6, 6.07) is 8.53. The lowest BCUT2D eigenvalue weighted by molar-refractivity contribution is -0.134. The Morgan fingerprint density at radius 2 is 2.00 bits per heavy atom. The number of rotatable bonds is 13. The van der Waals surface area contributed by atoms with E-state index < -0.39 is 0 Å². The first-order valence-corrected chi connectivity index (χ1v) is 13.5. The van der Waals surface area contributed by atoms with Crippen LogP contribution >= 0.6 is 0 Å². The molecule has 2 atom stereocenters. The molecule has 1 unspecified atom stereocenters. The lowest BCUT2D eigenvalue weighted by Gasteiger charge is -2.26. The standard InChI is InChI=1S/C27H39N7O4/c1-4-6-16-37-26-31-24(28)23-25(32-26)34(27(36)30-23)14-7-8-21-20(13-15-33(21)3)29-17-18-9-11-19(12-10-18)38-22(35)5-2/h9-12,20-21,29H,4-8,13-17H2,1-3H3,(H,30,36)(H2,28,31,32)/t20-,21?/m0/s1. The van der Waals surface area contributed by atoms with Crippen LogP contribution in [0.2, 0.25) is 0 Å². The van der Waals surface area contributed by atoms with Gasteiger partial charge < -0.3 is 30.4 Å². The number of aromatic amines is 1. The Bertz CT molecular complexity index is 1270. The number of nitrogens with zero attached hydrogens (tertiary/aromatic N) is 4. The topological polar surface area (TPSA) is 140 Å². The zero-order valence-electron chi connectivity index (χ0n) is 22.5. The third-order valence-corrected chi connectivity index (χ3v) is 7.08. The van der Waals surface area contributed by atoms with Crippen LogP contribution in [0.5, 0.6) is 11.8 Å². The number of likely N-dealkylation sites (N-methyl/N-ethyl adjacent to an activating group) is 1. The molecule has 1 aromatic carbocycles. The number of nitrogens with two attached hydrogens (primary N) is 1. The van der Waals surface area contributed by atoms with Crippen molar-refractivity contribution in [3.63, 3.8) is 0 Å². The van der Waals surface area contributed by atoms with Crippen LogP contribution in [0.4, 0.5) is 5.82 Å². The number of benzene rings is 1. The van der Waals surface area contributed by atoms with Gasteiger partial charge in [-0.3, -0.25) is 9.36 Å². The van der Waals surface area contributed by atoms with E-state index in [0.717, 1.165) is 50.8 Å². The Labute approximate surface area is 222 Å². The van der Waals surface area contributed by atoms with Crippen LogP contribution in [0.15, 0.2) is 29.1 Å². The first kappa shape index (κ1) is 27.6. The zero-order valence-corrected chi connectivity index (χ0v) is 22.5. The van der Waals surface area contributed by atoms with Crippen LogP contribution in [-0.4, -0.2) is 62.7 Å². The number of ether oxygens (including phenoxy) is 2. The Balaban J connectivity index is 1.34. The minimum atomic E-state index is -0.241. The van der Waals surface area contributed by atoms with E-state index in [-0.39, 0.29) is 23.5 Å². The van der Waals surface area contributed by atoms with Crippen LogP contribution in [0.25, 0.3) is 11.2 Å². The molecule has 0 amide bonds. The number of esters is 1. The molecule has 3 heterocycles. The van der Waals surface area contributed by atoms with Gasteiger partial charge in [0.1, 0.15) is 11.3 Å². The minimum absolute atomic E-state index is 0.201. The van der Waals surface area contributed by atoms with Crippen molar-refractivity contribution in [3.8, 4) is 11.8 Å². The molecule has 3 aromatic rings. The Morgan fingerprint density at radius 3 is 2.74 bits per heavy atom. The first-order valence-electron chi connectivity index (χ1n) is 13.5. The number of hydrogen-bond donors (Lipinski definition) is 3. The molecule has 1 aliphatic rings. The van der Waals surface area contributed by atoms with Gasteiger partial charge in [0.15, 0.2) is 11.5 Å². The highest BCUT2D eigenvalue weighted by Crippen LogP contribution is 2.23. The summed E-state index contributed by atoms with van der Waals surface area (Å²) in [4.78, 5) is 38.0. The SMILES string of the molecule is CCCCOc1nc(N)c2[nH]c(=O)n(CCCC3[C@@H](NCc4ccc(OC(=O)CC)cc4)CCN3C)c2n1. The van der Waals surface area contributed by atoms with Crippen LogP contribution in [0, 0.1) is 0 Å². The quantitative estimate of drug-likeness (QED) is 0.174. The van der Waals surface area contributed by atoms with Crippen molar-refractivity contribution in [2.75, 3.05) is 25.9 Å². The number of anilines is 1. The number of fused-ring (bicyclic) bond motifs is 1. The fourth-order valence-corrected chi connectivity index (χ4v) is 4.86. The van der Waals surface area contributed by atoms with Gasteiger partial charge in [-0.15, -0.1) is 0 Å². The van der Waals surface area contributed by atoms with Gasteiger partial charge in [-0.1, -0.05) is 32.4 Å². The van der Waals surface area contributed by atoms with Crippen molar-refractivity contribution in [2.24, 2.45) is 0 Å². The van der Waals surface area contributed by atoms with Crippen molar-refractivity contribution in [1.82, 2.24) is 29.7 Å². The third-order valence-electron chi connectivity index (χ3n) is 7.08. The first-order chi connectivity index (χ1) is 18.4. The number of carbonyl (C=O) groups is 1. The van der Waals surface area contributed by atoms with Gasteiger partial charge in [0, 0.05) is 31.6 Å². The van der Waals surface area contributed by atoms with Gasteiger partial charge >= 0.3 is 17.7 Å². The molecule has 206 valence electrons. The maximum atomic E-state index is 12.7. The second-order valence-electron chi connectivity index (χ2n) is 9.81. The molecule has 2 aromatic heterocycles. The molecule has 4 N–H and O–H groups in total. The van der Waals surface area contributed by atoms with Gasteiger partial charge in [0.05, 0.1) is 6.61 Å². The van der Waals surface area contributed by atoms with E-state index in [0.29, 0.717) is 48.6 Å². The van der Waals surface area contributed by atoms with Gasteiger partial charge in [0.2, 0.25) is 0 Å².